The number of nitrogens with zero attached hydrogens (tertiary/aromatic N) is 6. The molecule has 1 aromatic heterocycles. The molecule has 32 heavy (non-hydrogen) atoms. The highest BCUT2D eigenvalue weighted by Gasteiger charge is 2.34. The molecule has 1 aromatic carbocycles. The first-order valence-electron chi connectivity index (χ1n) is 10.6. The normalized spacial score (nSPS) is 19.4. The Bertz CT molecular complexity index is 984. The standard InChI is InChI=1S/C20H25F2N7O3/c1-3-18(30)23-10-15-11-28(20(31)32-15)14-8-16(21)19(17(22)9-14)27-6-4-13(5-7-27)29-12(2)24-25-26-29/h8-9,13,15H,3-7,10-11H2,1-2H3,(H,23,30)/t15-/m0/s1. The molecule has 2 aliphatic rings. The zero-order valence-electron chi connectivity index (χ0n) is 17.9. The van der Waals surface area contributed by atoms with Crippen LogP contribution in [0, 0.1) is 18.6 Å². The molecule has 2 amide bonds. The molecular weight excluding hydrogens is 424 g/mol. The largest absolute Gasteiger partial charge is 0.442 e. The summed E-state index contributed by atoms with van der Waals surface area (Å²) >= 11 is 0. The first kappa shape index (κ1) is 21.9. The third kappa shape index (κ3) is 4.34. The smallest absolute Gasteiger partial charge is 0.414 e. The SMILES string of the molecule is CCC(=O)NC[C@H]1CN(c2cc(F)c(N3CCC(n4nnnc4C)CC3)c(F)c2)C(=O)O1. The second-order valence-corrected chi connectivity index (χ2v) is 7.92. The fourth-order valence-electron chi connectivity index (χ4n) is 4.11. The zero-order chi connectivity index (χ0) is 22.8. The average Bonchev–Trinajstić information content (AvgIpc) is 3.37. The Morgan fingerprint density at radius 1 is 1.25 bits per heavy atom. The molecule has 0 spiro atoms. The van der Waals surface area contributed by atoms with E-state index in [9.17, 15) is 18.4 Å². The Balaban J connectivity index is 1.43. The number of halogens is 2. The average molecular weight is 449 g/mol. The number of carbonyl (C=O) groups excluding carboxylic acids is 2. The summed E-state index contributed by atoms with van der Waals surface area (Å²) in [6.45, 7) is 4.66. The van der Waals surface area contributed by atoms with Gasteiger partial charge in [0.2, 0.25) is 5.91 Å². The number of aryl methyl sites for hydroxylation is 1. The predicted octanol–water partition coefficient (Wildman–Crippen LogP) is 1.95. The van der Waals surface area contributed by atoms with Gasteiger partial charge < -0.3 is 15.0 Å². The van der Waals surface area contributed by atoms with Gasteiger partial charge in [-0.25, -0.2) is 18.3 Å². The maximum atomic E-state index is 15.0. The molecule has 3 heterocycles. The van der Waals surface area contributed by atoms with Gasteiger partial charge in [-0.1, -0.05) is 6.92 Å². The molecule has 1 N–H and O–H groups in total. The topological polar surface area (TPSA) is 105 Å². The number of anilines is 2. The van der Waals surface area contributed by atoms with Gasteiger partial charge >= 0.3 is 6.09 Å². The number of cyclic esters (lactones) is 1. The molecule has 2 saturated heterocycles. The van der Waals surface area contributed by atoms with Gasteiger partial charge in [0.25, 0.3) is 0 Å². The van der Waals surface area contributed by atoms with Crippen molar-refractivity contribution in [3.63, 3.8) is 0 Å². The summed E-state index contributed by atoms with van der Waals surface area (Å²) in [6, 6.07) is 2.37. The lowest BCUT2D eigenvalue weighted by molar-refractivity contribution is -0.121. The highest BCUT2D eigenvalue weighted by molar-refractivity contribution is 5.90. The molecule has 172 valence electrons. The lowest BCUT2D eigenvalue weighted by atomic mass is 10.0. The van der Waals surface area contributed by atoms with Gasteiger partial charge in [0, 0.05) is 31.6 Å². The third-order valence-corrected chi connectivity index (χ3v) is 5.82. The van der Waals surface area contributed by atoms with Crippen LogP contribution in [-0.4, -0.2) is 64.5 Å². The molecule has 2 aliphatic heterocycles. The van der Waals surface area contributed by atoms with Crippen molar-refractivity contribution >= 4 is 23.4 Å². The Hall–Kier alpha value is -3.31. The Morgan fingerprint density at radius 3 is 2.53 bits per heavy atom. The lowest BCUT2D eigenvalue weighted by Crippen LogP contribution is -2.36. The summed E-state index contributed by atoms with van der Waals surface area (Å²) in [5.74, 6) is -0.949. The van der Waals surface area contributed by atoms with E-state index in [1.165, 1.54) is 4.90 Å². The Labute approximate surface area is 183 Å². The molecule has 0 saturated carbocycles. The van der Waals surface area contributed by atoms with Crippen LogP contribution < -0.4 is 15.1 Å². The van der Waals surface area contributed by atoms with E-state index in [1.807, 2.05) is 6.92 Å². The van der Waals surface area contributed by atoms with E-state index >= 15 is 0 Å². The number of carbonyl (C=O) groups is 2. The Kier molecular flexibility index (Phi) is 6.19. The first-order chi connectivity index (χ1) is 15.4. The summed E-state index contributed by atoms with van der Waals surface area (Å²) in [4.78, 5) is 26.4. The maximum absolute atomic E-state index is 15.0. The summed E-state index contributed by atoms with van der Waals surface area (Å²) < 4.78 is 36.9. The molecule has 4 rings (SSSR count). The second-order valence-electron chi connectivity index (χ2n) is 7.92. The number of aromatic nitrogens is 4. The number of benzene rings is 1. The molecule has 0 bridgehead atoms. The van der Waals surface area contributed by atoms with Gasteiger partial charge in [-0.3, -0.25) is 9.69 Å². The van der Waals surface area contributed by atoms with Crippen molar-refractivity contribution in [3.8, 4) is 0 Å². The van der Waals surface area contributed by atoms with Crippen LogP contribution in [0.1, 0.15) is 38.1 Å². The summed E-state index contributed by atoms with van der Waals surface area (Å²) in [5, 5.41) is 14.2. The van der Waals surface area contributed by atoms with Crippen LogP contribution in [0.25, 0.3) is 0 Å². The molecule has 0 radical (unpaired) electrons. The van der Waals surface area contributed by atoms with Crippen LogP contribution in [0.3, 0.4) is 0 Å². The minimum Gasteiger partial charge on any atom is -0.442 e. The number of amides is 2. The third-order valence-electron chi connectivity index (χ3n) is 5.82. The van der Waals surface area contributed by atoms with Crippen molar-refractivity contribution in [3.05, 3.63) is 29.6 Å². The molecule has 10 nitrogen and oxygen atoms in total. The van der Waals surface area contributed by atoms with E-state index in [1.54, 1.807) is 16.5 Å². The predicted molar refractivity (Wildman–Crippen MR) is 110 cm³/mol. The highest BCUT2D eigenvalue weighted by atomic mass is 19.1. The molecule has 2 fully saturated rings. The highest BCUT2D eigenvalue weighted by Crippen LogP contribution is 2.34. The van der Waals surface area contributed by atoms with Crippen molar-refractivity contribution in [2.45, 2.75) is 45.3 Å². The Morgan fingerprint density at radius 2 is 1.94 bits per heavy atom. The van der Waals surface area contributed by atoms with Gasteiger partial charge in [-0.2, -0.15) is 0 Å². The van der Waals surface area contributed by atoms with Crippen molar-refractivity contribution in [2.75, 3.05) is 36.0 Å². The molecule has 12 heteroatoms. The van der Waals surface area contributed by atoms with Gasteiger partial charge in [-0.05, 0) is 30.2 Å². The van der Waals surface area contributed by atoms with Crippen LogP contribution in [-0.2, 0) is 9.53 Å². The van der Waals surface area contributed by atoms with Crippen molar-refractivity contribution < 1.29 is 23.1 Å². The number of tetrazole rings is 1. The lowest BCUT2D eigenvalue weighted by Gasteiger charge is -2.34. The molecule has 2 aromatic rings. The molecule has 0 aliphatic carbocycles. The second kappa shape index (κ2) is 9.05. The number of hydrogen-bond donors (Lipinski definition) is 1. The van der Waals surface area contributed by atoms with Crippen LogP contribution in [0.15, 0.2) is 12.1 Å². The number of nitrogens with one attached hydrogen (secondary N) is 1. The van der Waals surface area contributed by atoms with Gasteiger partial charge in [-0.15, -0.1) is 5.10 Å². The fraction of sp³-hybridized carbons (Fsp3) is 0.550. The minimum absolute atomic E-state index is 0.0798. The van der Waals surface area contributed by atoms with Gasteiger partial charge in [0.1, 0.15) is 17.6 Å². The monoisotopic (exact) mass is 449 g/mol. The van der Waals surface area contributed by atoms with Crippen molar-refractivity contribution in [2.24, 2.45) is 0 Å². The van der Waals surface area contributed by atoms with E-state index in [0.717, 1.165) is 12.1 Å². The minimum atomic E-state index is -0.743. The van der Waals surface area contributed by atoms with Crippen LogP contribution >= 0.6 is 0 Å². The molecule has 0 unspecified atom stereocenters. The van der Waals surface area contributed by atoms with E-state index in [0.29, 0.717) is 38.2 Å². The quantitative estimate of drug-likeness (QED) is 0.719. The fourth-order valence-corrected chi connectivity index (χ4v) is 4.11. The van der Waals surface area contributed by atoms with Crippen LogP contribution in [0.4, 0.5) is 25.0 Å². The number of hydrogen-bond acceptors (Lipinski definition) is 7. The van der Waals surface area contributed by atoms with E-state index in [2.05, 4.69) is 20.8 Å². The van der Waals surface area contributed by atoms with Crippen molar-refractivity contribution in [1.29, 1.82) is 0 Å². The van der Waals surface area contributed by atoms with Crippen molar-refractivity contribution in [1.82, 2.24) is 25.5 Å². The number of rotatable bonds is 6. The van der Waals surface area contributed by atoms with E-state index in [4.69, 9.17) is 4.74 Å². The van der Waals surface area contributed by atoms with E-state index < -0.39 is 23.8 Å². The number of ether oxygens (including phenoxy) is 1. The summed E-state index contributed by atoms with van der Waals surface area (Å²) in [5.41, 5.74) is -0.0303. The number of piperidine rings is 1. The summed E-state index contributed by atoms with van der Waals surface area (Å²) in [7, 11) is 0. The van der Waals surface area contributed by atoms with Gasteiger partial charge in [0.05, 0.1) is 24.8 Å². The van der Waals surface area contributed by atoms with Crippen LogP contribution in [0.2, 0.25) is 0 Å². The van der Waals surface area contributed by atoms with Crippen LogP contribution in [0.5, 0.6) is 0 Å². The first-order valence-corrected chi connectivity index (χ1v) is 10.6. The van der Waals surface area contributed by atoms with E-state index in [-0.39, 0.29) is 36.4 Å². The summed E-state index contributed by atoms with van der Waals surface area (Å²) in [6.07, 6.45) is 0.323. The zero-order valence-corrected chi connectivity index (χ0v) is 17.9. The molecular formula is C20H25F2N7O3. The molecule has 1 atom stereocenters. The maximum Gasteiger partial charge on any atom is 0.414 e. The van der Waals surface area contributed by atoms with Gasteiger partial charge in [0.15, 0.2) is 11.6 Å².